The van der Waals surface area contributed by atoms with E-state index < -0.39 is 124 Å². The Morgan fingerprint density at radius 1 is 0.360 bits per heavy atom. The Morgan fingerprint density at radius 3 is 1.06 bits per heavy atom. The van der Waals surface area contributed by atoms with Gasteiger partial charge in [-0.3, -0.25) is 4.79 Å². The zero-order valence-electron chi connectivity index (χ0n) is 62.7. The lowest BCUT2D eigenvalue weighted by Gasteiger charge is -2.48. The largest absolute Gasteiger partial charge is 0.394 e. The lowest BCUT2D eigenvalue weighted by Crippen LogP contribution is -2.66. The predicted octanol–water partition coefficient (Wildman–Crippen LogP) is 13.7. The van der Waals surface area contributed by atoms with E-state index in [0.29, 0.717) is 12.8 Å². The van der Waals surface area contributed by atoms with Gasteiger partial charge in [-0.15, -0.1) is 0 Å². The smallest absolute Gasteiger partial charge is 0.220 e. The molecule has 0 aliphatic carbocycles. The molecule has 3 heterocycles. The molecule has 0 radical (unpaired) electrons. The summed E-state index contributed by atoms with van der Waals surface area (Å²) in [6.07, 6.45) is 51.3. The van der Waals surface area contributed by atoms with Crippen LogP contribution in [-0.4, -0.2) is 193 Å². The molecule has 19 heteroatoms. The molecule has 17 unspecified atom stereocenters. The number of rotatable bonds is 65. The van der Waals surface area contributed by atoms with Gasteiger partial charge < -0.3 is 89.9 Å². The van der Waals surface area contributed by atoms with Crippen molar-refractivity contribution in [3.63, 3.8) is 0 Å². The third-order valence-electron chi connectivity index (χ3n) is 20.3. The summed E-state index contributed by atoms with van der Waals surface area (Å²) in [7, 11) is 0. The highest BCUT2D eigenvalue weighted by Crippen LogP contribution is 2.33. The third kappa shape index (κ3) is 41.6. The molecule has 0 bridgehead atoms. The summed E-state index contributed by atoms with van der Waals surface area (Å²) in [5.41, 5.74) is 0. The minimum atomic E-state index is -1.98. The van der Waals surface area contributed by atoms with Crippen molar-refractivity contribution in [1.82, 2.24) is 5.32 Å². The Labute approximate surface area is 605 Å². The number of aliphatic hydroxyl groups excluding tert-OH is 11. The quantitative estimate of drug-likeness (QED) is 0.0199. The van der Waals surface area contributed by atoms with E-state index in [4.69, 9.17) is 28.4 Å². The maximum absolute atomic E-state index is 13.4. The van der Waals surface area contributed by atoms with E-state index in [1.54, 1.807) is 6.08 Å². The zero-order chi connectivity index (χ0) is 72.5. The van der Waals surface area contributed by atoms with Gasteiger partial charge in [0.2, 0.25) is 5.91 Å². The molecule has 0 aromatic carbocycles. The summed E-state index contributed by atoms with van der Waals surface area (Å²) in [4.78, 5) is 13.4. The van der Waals surface area contributed by atoms with Crippen molar-refractivity contribution in [2.45, 2.75) is 433 Å². The fourth-order valence-electron chi connectivity index (χ4n) is 13.8. The number of unbranched alkanes of at least 4 members (excludes halogenated alkanes) is 43. The standard InChI is InChI=1S/C81H149NO18/c1-3-5-7-9-11-13-15-17-19-21-22-23-24-25-26-27-28-29-30-31-32-33-34-35-36-37-38-39-40-41-42-43-45-47-49-51-53-55-57-59-69(87)82-64(65(86)58-56-54-52-50-48-46-44-20-18-16-14-12-10-8-6-4-2)63-95-79-75(93)72(90)77(67(61-84)97-79)100-81-76(94)73(91)78(68(62-85)98-81)99-80-74(92)71(89)70(88)66(60-83)96-80/h15,17,21-22,48,50,56,58,64-68,70-81,83-86,88-94H,3-14,16,18-20,23-47,49,51-55,57,59-63H2,1-2H3,(H,82,87)/b17-15-,22-21-,50-48+,58-56+. The van der Waals surface area contributed by atoms with E-state index in [9.17, 15) is 61.0 Å². The second-order valence-corrected chi connectivity index (χ2v) is 29.2. The molecule has 0 aromatic heterocycles. The van der Waals surface area contributed by atoms with Gasteiger partial charge in [-0.2, -0.15) is 0 Å². The van der Waals surface area contributed by atoms with E-state index in [-0.39, 0.29) is 18.9 Å². The van der Waals surface area contributed by atoms with E-state index in [1.165, 1.54) is 250 Å². The maximum atomic E-state index is 13.4. The first-order valence-electron chi connectivity index (χ1n) is 40.9. The van der Waals surface area contributed by atoms with Crippen LogP contribution < -0.4 is 5.32 Å². The maximum Gasteiger partial charge on any atom is 0.220 e. The Morgan fingerprint density at radius 2 is 0.670 bits per heavy atom. The number of hydrogen-bond acceptors (Lipinski definition) is 18. The van der Waals surface area contributed by atoms with Gasteiger partial charge in [0.15, 0.2) is 18.9 Å². The fraction of sp³-hybridized carbons (Fsp3) is 0.889. The Kier molecular flexibility index (Phi) is 56.9. The summed E-state index contributed by atoms with van der Waals surface area (Å²) >= 11 is 0. The number of aliphatic hydroxyl groups is 11. The summed E-state index contributed by atoms with van der Waals surface area (Å²) < 4.78 is 34.4. The molecule has 3 saturated heterocycles. The summed E-state index contributed by atoms with van der Waals surface area (Å²) in [6, 6.07) is -0.989. The molecule has 3 aliphatic rings. The van der Waals surface area contributed by atoms with Crippen LogP contribution in [0.1, 0.15) is 328 Å². The van der Waals surface area contributed by atoms with E-state index in [2.05, 4.69) is 55.6 Å². The number of carbonyl (C=O) groups is 1. The van der Waals surface area contributed by atoms with Gasteiger partial charge in [0.1, 0.15) is 73.2 Å². The van der Waals surface area contributed by atoms with Crippen LogP contribution in [0.25, 0.3) is 0 Å². The molecule has 3 fully saturated rings. The molecule has 3 aliphatic heterocycles. The minimum absolute atomic E-state index is 0.239. The van der Waals surface area contributed by atoms with Crippen molar-refractivity contribution in [3.8, 4) is 0 Å². The van der Waals surface area contributed by atoms with Crippen LogP contribution in [-0.2, 0) is 33.2 Å². The number of amides is 1. The van der Waals surface area contributed by atoms with Gasteiger partial charge in [-0.05, 0) is 64.2 Å². The number of carbonyl (C=O) groups excluding carboxylic acids is 1. The van der Waals surface area contributed by atoms with Crippen molar-refractivity contribution in [2.75, 3.05) is 26.4 Å². The predicted molar refractivity (Wildman–Crippen MR) is 397 cm³/mol. The van der Waals surface area contributed by atoms with Gasteiger partial charge in [0, 0.05) is 6.42 Å². The second kappa shape index (κ2) is 61.9. The van der Waals surface area contributed by atoms with Crippen molar-refractivity contribution >= 4 is 5.91 Å². The van der Waals surface area contributed by atoms with Gasteiger partial charge in [0.25, 0.3) is 0 Å². The Bertz CT molecular complexity index is 1990. The van der Waals surface area contributed by atoms with Crippen LogP contribution in [0.4, 0.5) is 0 Å². The first kappa shape index (κ1) is 92.0. The second-order valence-electron chi connectivity index (χ2n) is 29.2. The molecule has 17 atom stereocenters. The molecular formula is C81H149NO18. The zero-order valence-corrected chi connectivity index (χ0v) is 62.7. The number of allylic oxidation sites excluding steroid dienone is 7. The number of nitrogens with one attached hydrogen (secondary N) is 1. The van der Waals surface area contributed by atoms with Gasteiger partial charge in [-0.25, -0.2) is 0 Å². The molecule has 0 spiro atoms. The summed E-state index contributed by atoms with van der Waals surface area (Å²) in [5.74, 6) is -0.280. The van der Waals surface area contributed by atoms with Crippen LogP contribution >= 0.6 is 0 Å². The molecule has 0 aromatic rings. The van der Waals surface area contributed by atoms with Crippen molar-refractivity contribution in [3.05, 3.63) is 48.6 Å². The molecular weight excluding hydrogens is 1270 g/mol. The molecule has 19 nitrogen and oxygen atoms in total. The fourth-order valence-corrected chi connectivity index (χ4v) is 13.8. The average molecular weight is 1430 g/mol. The number of hydrogen-bond donors (Lipinski definition) is 12. The molecule has 586 valence electrons. The van der Waals surface area contributed by atoms with Crippen molar-refractivity contribution in [1.29, 1.82) is 0 Å². The average Bonchev–Trinajstić information content (AvgIpc) is 0.784. The summed E-state index contributed by atoms with van der Waals surface area (Å²) in [6.45, 7) is 1.73. The lowest BCUT2D eigenvalue weighted by molar-refractivity contribution is -0.379. The minimum Gasteiger partial charge on any atom is -0.394 e. The highest BCUT2D eigenvalue weighted by atomic mass is 16.8. The highest BCUT2D eigenvalue weighted by molar-refractivity contribution is 5.76. The van der Waals surface area contributed by atoms with Crippen LogP contribution in [0.5, 0.6) is 0 Å². The topological polar surface area (TPSA) is 307 Å². The first-order valence-corrected chi connectivity index (χ1v) is 40.9. The molecule has 0 saturated carbocycles. The normalized spacial score (nSPS) is 26.7. The SMILES string of the molecule is CCCCCCC/C=C\C/C=C\CCCCCCCCCCCCCCCCCCCCCCCCCCCCCC(=O)NC(COC1OC(CO)C(OC2OC(CO)C(OC3OC(CO)C(O)C(O)C3O)C(O)C2O)C(O)C1O)C(O)/C=C/CC/C=C/CCCCCCCCCCCC. The monoisotopic (exact) mass is 1420 g/mol. The molecule has 3 rings (SSSR count). The van der Waals surface area contributed by atoms with Gasteiger partial charge >= 0.3 is 0 Å². The third-order valence-corrected chi connectivity index (χ3v) is 20.3. The van der Waals surface area contributed by atoms with Crippen LogP contribution in [0.3, 0.4) is 0 Å². The van der Waals surface area contributed by atoms with Gasteiger partial charge in [0.05, 0.1) is 38.6 Å². The Balaban J connectivity index is 1.30. The highest BCUT2D eigenvalue weighted by Gasteiger charge is 2.54. The molecule has 12 N–H and O–H groups in total. The van der Waals surface area contributed by atoms with E-state index in [1.807, 2.05) is 6.08 Å². The van der Waals surface area contributed by atoms with Crippen molar-refractivity contribution in [2.24, 2.45) is 0 Å². The van der Waals surface area contributed by atoms with E-state index >= 15 is 0 Å². The van der Waals surface area contributed by atoms with E-state index in [0.717, 1.165) is 44.9 Å². The van der Waals surface area contributed by atoms with Crippen molar-refractivity contribution < 1.29 is 89.4 Å². The first-order chi connectivity index (χ1) is 48.8. The van der Waals surface area contributed by atoms with Gasteiger partial charge in [-0.1, -0.05) is 306 Å². The number of ether oxygens (including phenoxy) is 6. The summed E-state index contributed by atoms with van der Waals surface area (Å²) in [5, 5.41) is 121. The van der Waals surface area contributed by atoms with Crippen LogP contribution in [0.15, 0.2) is 48.6 Å². The van der Waals surface area contributed by atoms with Crippen LogP contribution in [0, 0.1) is 0 Å². The Hall–Kier alpha value is -2.25. The lowest BCUT2D eigenvalue weighted by atomic mass is 9.96. The molecule has 1 amide bonds. The molecule has 100 heavy (non-hydrogen) atoms. The van der Waals surface area contributed by atoms with Crippen LogP contribution in [0.2, 0.25) is 0 Å².